The van der Waals surface area contributed by atoms with Gasteiger partial charge in [-0.2, -0.15) is 0 Å². The van der Waals surface area contributed by atoms with Gasteiger partial charge in [0.2, 0.25) is 0 Å². The van der Waals surface area contributed by atoms with Gasteiger partial charge in [0.15, 0.2) is 5.82 Å². The van der Waals surface area contributed by atoms with Crippen molar-refractivity contribution in [2.75, 3.05) is 32.5 Å². The minimum absolute atomic E-state index is 0.712. The number of aromatic nitrogens is 3. The molecule has 0 aliphatic heterocycles. The molecule has 1 N–H and O–H groups in total. The molecular weight excluding hydrogens is 298 g/mol. The van der Waals surface area contributed by atoms with E-state index in [1.807, 2.05) is 54.7 Å². The minimum Gasteiger partial charge on any atom is -0.369 e. The first-order valence-electron chi connectivity index (χ1n) is 7.96. The van der Waals surface area contributed by atoms with Crippen molar-refractivity contribution in [2.45, 2.75) is 0 Å². The molecule has 2 heterocycles. The summed E-state index contributed by atoms with van der Waals surface area (Å²) in [4.78, 5) is 15.7. The molecule has 0 unspecified atom stereocenters. The average molecular weight is 319 g/mol. The van der Waals surface area contributed by atoms with Crippen LogP contribution in [0.1, 0.15) is 0 Å². The van der Waals surface area contributed by atoms with Gasteiger partial charge in [0, 0.05) is 42.7 Å². The summed E-state index contributed by atoms with van der Waals surface area (Å²) in [5, 5.41) is 3.38. The van der Waals surface area contributed by atoms with Gasteiger partial charge in [-0.15, -0.1) is 0 Å². The van der Waals surface area contributed by atoms with Crippen LogP contribution in [0.4, 0.5) is 5.82 Å². The summed E-state index contributed by atoms with van der Waals surface area (Å²) >= 11 is 0. The van der Waals surface area contributed by atoms with E-state index in [-0.39, 0.29) is 0 Å². The SMILES string of the molecule is CN(C)CCNc1cc(-c2cccnc2)nc(-c2ccccc2)n1. The Balaban J connectivity index is 1.96. The number of likely N-dealkylation sites (N-methyl/N-ethyl adjacent to an activating group) is 1. The molecular formula is C19H21N5. The quantitative estimate of drug-likeness (QED) is 0.756. The van der Waals surface area contributed by atoms with Gasteiger partial charge in [-0.05, 0) is 26.2 Å². The maximum Gasteiger partial charge on any atom is 0.162 e. The number of nitrogens with one attached hydrogen (secondary N) is 1. The van der Waals surface area contributed by atoms with E-state index in [0.717, 1.165) is 35.7 Å². The Morgan fingerprint density at radius 2 is 1.75 bits per heavy atom. The van der Waals surface area contributed by atoms with E-state index in [1.165, 1.54) is 0 Å². The fourth-order valence-corrected chi connectivity index (χ4v) is 2.32. The zero-order valence-electron chi connectivity index (χ0n) is 14.0. The van der Waals surface area contributed by atoms with Crippen molar-refractivity contribution in [1.82, 2.24) is 19.9 Å². The number of nitrogens with zero attached hydrogens (tertiary/aromatic N) is 4. The minimum atomic E-state index is 0.712. The Hall–Kier alpha value is -2.79. The molecule has 0 amide bonds. The molecule has 0 spiro atoms. The van der Waals surface area contributed by atoms with Crippen molar-refractivity contribution in [3.63, 3.8) is 0 Å². The fourth-order valence-electron chi connectivity index (χ4n) is 2.32. The third-order valence-electron chi connectivity index (χ3n) is 3.58. The van der Waals surface area contributed by atoms with Gasteiger partial charge in [-0.25, -0.2) is 9.97 Å². The zero-order valence-corrected chi connectivity index (χ0v) is 14.0. The van der Waals surface area contributed by atoms with Crippen molar-refractivity contribution in [3.05, 3.63) is 60.9 Å². The second-order valence-corrected chi connectivity index (χ2v) is 5.80. The first-order chi connectivity index (χ1) is 11.7. The summed E-state index contributed by atoms with van der Waals surface area (Å²) in [6, 6.07) is 15.9. The lowest BCUT2D eigenvalue weighted by Crippen LogP contribution is -2.21. The molecule has 0 radical (unpaired) electrons. The molecule has 0 aliphatic rings. The van der Waals surface area contributed by atoms with Crippen LogP contribution in [0.2, 0.25) is 0 Å². The van der Waals surface area contributed by atoms with Crippen LogP contribution in [-0.4, -0.2) is 47.0 Å². The predicted molar refractivity (Wildman–Crippen MR) is 97.7 cm³/mol. The van der Waals surface area contributed by atoms with Crippen molar-refractivity contribution in [3.8, 4) is 22.6 Å². The lowest BCUT2D eigenvalue weighted by Gasteiger charge is -2.13. The van der Waals surface area contributed by atoms with Crippen LogP contribution in [0.15, 0.2) is 60.9 Å². The number of benzene rings is 1. The maximum atomic E-state index is 4.72. The Kier molecular flexibility index (Phi) is 5.13. The lowest BCUT2D eigenvalue weighted by molar-refractivity contribution is 0.425. The Morgan fingerprint density at radius 1 is 0.958 bits per heavy atom. The highest BCUT2D eigenvalue weighted by molar-refractivity contribution is 5.66. The molecule has 3 aromatic rings. The first-order valence-corrected chi connectivity index (χ1v) is 7.96. The molecule has 24 heavy (non-hydrogen) atoms. The molecule has 0 aliphatic carbocycles. The number of pyridine rings is 1. The highest BCUT2D eigenvalue weighted by Crippen LogP contribution is 2.23. The van der Waals surface area contributed by atoms with Crippen LogP contribution in [0.5, 0.6) is 0 Å². The molecule has 5 heteroatoms. The highest BCUT2D eigenvalue weighted by Gasteiger charge is 2.08. The molecule has 0 saturated heterocycles. The normalized spacial score (nSPS) is 10.8. The second kappa shape index (κ2) is 7.66. The second-order valence-electron chi connectivity index (χ2n) is 5.80. The van der Waals surface area contributed by atoms with Gasteiger partial charge >= 0.3 is 0 Å². The molecule has 2 aromatic heterocycles. The molecule has 122 valence electrons. The third kappa shape index (κ3) is 4.14. The topological polar surface area (TPSA) is 53.9 Å². The predicted octanol–water partition coefficient (Wildman–Crippen LogP) is 3.18. The summed E-state index contributed by atoms with van der Waals surface area (Å²) < 4.78 is 0. The van der Waals surface area contributed by atoms with Crippen LogP contribution in [0.3, 0.4) is 0 Å². The van der Waals surface area contributed by atoms with Crippen molar-refractivity contribution < 1.29 is 0 Å². The van der Waals surface area contributed by atoms with E-state index >= 15 is 0 Å². The first kappa shape index (κ1) is 16.1. The summed E-state index contributed by atoms with van der Waals surface area (Å²) in [5.41, 5.74) is 2.84. The fraction of sp³-hybridized carbons (Fsp3) is 0.211. The van der Waals surface area contributed by atoms with Crippen LogP contribution < -0.4 is 5.32 Å². The highest BCUT2D eigenvalue weighted by atomic mass is 15.1. The molecule has 1 aromatic carbocycles. The lowest BCUT2D eigenvalue weighted by atomic mass is 10.1. The van der Waals surface area contributed by atoms with Crippen LogP contribution >= 0.6 is 0 Å². The molecule has 3 rings (SSSR count). The summed E-state index contributed by atoms with van der Waals surface area (Å²) in [6.45, 7) is 1.76. The Bertz CT molecular complexity index is 715. The molecule has 5 nitrogen and oxygen atoms in total. The van der Waals surface area contributed by atoms with Gasteiger partial charge in [0.25, 0.3) is 0 Å². The third-order valence-corrected chi connectivity index (χ3v) is 3.58. The maximum absolute atomic E-state index is 4.72. The summed E-state index contributed by atoms with van der Waals surface area (Å²) in [7, 11) is 4.11. The summed E-state index contributed by atoms with van der Waals surface area (Å²) in [6.07, 6.45) is 3.58. The Morgan fingerprint density at radius 3 is 2.46 bits per heavy atom. The zero-order chi connectivity index (χ0) is 16.8. The van der Waals surface area contributed by atoms with Gasteiger partial charge < -0.3 is 10.2 Å². The van der Waals surface area contributed by atoms with Gasteiger partial charge in [-0.1, -0.05) is 30.3 Å². The number of rotatable bonds is 6. The van der Waals surface area contributed by atoms with Crippen LogP contribution in [0.25, 0.3) is 22.6 Å². The standard InChI is InChI=1S/C19H21N5/c1-24(2)12-11-21-18-13-17(16-9-6-10-20-14-16)22-19(23-18)15-7-4-3-5-8-15/h3-10,13-14H,11-12H2,1-2H3,(H,21,22,23). The van der Waals surface area contributed by atoms with E-state index in [1.54, 1.807) is 6.20 Å². The number of hydrogen-bond acceptors (Lipinski definition) is 5. The van der Waals surface area contributed by atoms with E-state index in [4.69, 9.17) is 4.98 Å². The molecule has 0 saturated carbocycles. The average Bonchev–Trinajstić information content (AvgIpc) is 2.63. The van der Waals surface area contributed by atoms with Crippen LogP contribution in [0, 0.1) is 0 Å². The van der Waals surface area contributed by atoms with E-state index in [2.05, 4.69) is 34.3 Å². The molecule has 0 fully saturated rings. The van der Waals surface area contributed by atoms with Gasteiger partial charge in [-0.3, -0.25) is 4.98 Å². The number of anilines is 1. The molecule has 0 atom stereocenters. The van der Waals surface area contributed by atoms with E-state index < -0.39 is 0 Å². The number of hydrogen-bond donors (Lipinski definition) is 1. The van der Waals surface area contributed by atoms with E-state index in [9.17, 15) is 0 Å². The van der Waals surface area contributed by atoms with Crippen LogP contribution in [-0.2, 0) is 0 Å². The van der Waals surface area contributed by atoms with Gasteiger partial charge in [0.1, 0.15) is 5.82 Å². The van der Waals surface area contributed by atoms with Crippen molar-refractivity contribution in [1.29, 1.82) is 0 Å². The molecule has 0 bridgehead atoms. The Labute approximate surface area is 142 Å². The monoisotopic (exact) mass is 319 g/mol. The van der Waals surface area contributed by atoms with E-state index in [0.29, 0.717) is 5.82 Å². The van der Waals surface area contributed by atoms with Crippen molar-refractivity contribution >= 4 is 5.82 Å². The smallest absolute Gasteiger partial charge is 0.162 e. The van der Waals surface area contributed by atoms with Gasteiger partial charge in [0.05, 0.1) is 5.69 Å². The largest absolute Gasteiger partial charge is 0.369 e. The van der Waals surface area contributed by atoms with Crippen molar-refractivity contribution in [2.24, 2.45) is 0 Å². The summed E-state index contributed by atoms with van der Waals surface area (Å²) in [5.74, 6) is 1.54.